The Kier molecular flexibility index (Phi) is 6.15. The SMILES string of the molecule is Cc1ccc2nc(NC(=O)CSc3nc4c([nH]c5ccccc54)c(=O)n3-c3cccc(C(F)(F)F)c3)sc2c1. The molecule has 7 nitrogen and oxygen atoms in total. The molecule has 1 amide bonds. The van der Waals surface area contributed by atoms with Crippen molar-refractivity contribution in [2.24, 2.45) is 0 Å². The Bertz CT molecular complexity index is 1960. The van der Waals surface area contributed by atoms with Gasteiger partial charge in [-0.25, -0.2) is 9.97 Å². The first-order chi connectivity index (χ1) is 18.7. The quantitative estimate of drug-likeness (QED) is 0.183. The van der Waals surface area contributed by atoms with Crippen LogP contribution in [0.25, 0.3) is 37.8 Å². The number of carbonyl (C=O) groups excluding carboxylic acids is 1. The van der Waals surface area contributed by atoms with Gasteiger partial charge in [-0.1, -0.05) is 53.4 Å². The van der Waals surface area contributed by atoms with E-state index >= 15 is 0 Å². The van der Waals surface area contributed by atoms with Crippen molar-refractivity contribution < 1.29 is 18.0 Å². The number of alkyl halides is 3. The van der Waals surface area contributed by atoms with E-state index in [9.17, 15) is 22.8 Å². The molecule has 0 spiro atoms. The fraction of sp³-hybridized carbons (Fsp3) is 0.111. The van der Waals surface area contributed by atoms with Crippen LogP contribution in [0.2, 0.25) is 0 Å². The third-order valence-corrected chi connectivity index (χ3v) is 7.92. The second-order valence-electron chi connectivity index (χ2n) is 8.80. The van der Waals surface area contributed by atoms with Gasteiger partial charge >= 0.3 is 6.18 Å². The van der Waals surface area contributed by atoms with Crippen LogP contribution in [0.1, 0.15) is 11.1 Å². The zero-order valence-corrected chi connectivity index (χ0v) is 21.8. The van der Waals surface area contributed by atoms with Crippen LogP contribution in [0.3, 0.4) is 0 Å². The number of aryl methyl sites for hydroxylation is 1. The Hall–Kier alpha value is -4.16. The molecular formula is C27H18F3N5O2S2. The molecule has 12 heteroatoms. The van der Waals surface area contributed by atoms with Crippen LogP contribution in [0.15, 0.2) is 76.7 Å². The first-order valence-corrected chi connectivity index (χ1v) is 13.5. The molecule has 0 aliphatic heterocycles. The Morgan fingerprint density at radius 1 is 1.08 bits per heavy atom. The lowest BCUT2D eigenvalue weighted by atomic mass is 10.2. The van der Waals surface area contributed by atoms with Crippen molar-refractivity contribution in [3.8, 4) is 5.69 Å². The molecule has 0 saturated heterocycles. The number of thioether (sulfide) groups is 1. The van der Waals surface area contributed by atoms with Crippen molar-refractivity contribution in [1.29, 1.82) is 0 Å². The highest BCUT2D eigenvalue weighted by Crippen LogP contribution is 2.32. The highest BCUT2D eigenvalue weighted by atomic mass is 32.2. The number of anilines is 1. The summed E-state index contributed by atoms with van der Waals surface area (Å²) in [4.78, 5) is 38.6. The Balaban J connectivity index is 1.39. The van der Waals surface area contributed by atoms with E-state index in [0.717, 1.165) is 44.2 Å². The maximum absolute atomic E-state index is 13.6. The lowest BCUT2D eigenvalue weighted by Gasteiger charge is -2.14. The van der Waals surface area contributed by atoms with Crippen molar-refractivity contribution in [2.45, 2.75) is 18.3 Å². The predicted molar refractivity (Wildman–Crippen MR) is 148 cm³/mol. The van der Waals surface area contributed by atoms with Crippen LogP contribution in [0, 0.1) is 6.92 Å². The van der Waals surface area contributed by atoms with Crippen molar-refractivity contribution in [1.82, 2.24) is 19.5 Å². The number of hydrogen-bond donors (Lipinski definition) is 2. The summed E-state index contributed by atoms with van der Waals surface area (Å²) in [7, 11) is 0. The van der Waals surface area contributed by atoms with E-state index in [1.807, 2.05) is 25.1 Å². The number of aromatic nitrogens is 4. The van der Waals surface area contributed by atoms with Crippen LogP contribution in [-0.2, 0) is 11.0 Å². The number of rotatable bonds is 5. The van der Waals surface area contributed by atoms with Gasteiger partial charge in [-0.05, 0) is 48.9 Å². The van der Waals surface area contributed by atoms with Gasteiger partial charge in [0.05, 0.1) is 27.2 Å². The molecule has 0 aliphatic carbocycles. The van der Waals surface area contributed by atoms with Crippen LogP contribution in [-0.4, -0.2) is 31.2 Å². The molecule has 3 heterocycles. The molecule has 6 aromatic rings. The third kappa shape index (κ3) is 4.77. The minimum atomic E-state index is -4.60. The number of halogens is 3. The highest BCUT2D eigenvalue weighted by molar-refractivity contribution is 7.99. The maximum atomic E-state index is 13.6. The number of amides is 1. The molecular weight excluding hydrogens is 547 g/mol. The topological polar surface area (TPSA) is 92.7 Å². The van der Waals surface area contributed by atoms with Gasteiger partial charge in [-0.3, -0.25) is 14.2 Å². The number of aromatic amines is 1. The summed E-state index contributed by atoms with van der Waals surface area (Å²) in [6.07, 6.45) is -4.60. The monoisotopic (exact) mass is 565 g/mol. The van der Waals surface area contributed by atoms with E-state index in [1.165, 1.54) is 23.5 Å². The van der Waals surface area contributed by atoms with Crippen molar-refractivity contribution >= 4 is 66.3 Å². The molecule has 2 N–H and O–H groups in total. The fourth-order valence-electron chi connectivity index (χ4n) is 4.26. The summed E-state index contributed by atoms with van der Waals surface area (Å²) in [6.45, 7) is 1.97. The average molecular weight is 566 g/mol. The van der Waals surface area contributed by atoms with Gasteiger partial charge in [-0.2, -0.15) is 13.2 Å². The predicted octanol–water partition coefficient (Wildman–Crippen LogP) is 6.53. The summed E-state index contributed by atoms with van der Waals surface area (Å²) in [5.74, 6) is -0.534. The molecule has 0 radical (unpaired) electrons. The standard InChI is InChI=1S/C27H18F3N5O2S2/c1-14-9-10-19-20(11-14)39-25(32-19)33-21(36)13-38-26-34-22-17-7-2-3-8-18(17)31-23(22)24(37)35(26)16-6-4-5-15(12-16)27(28,29)30/h2-12,31H,13H2,1H3,(H,32,33,36). The van der Waals surface area contributed by atoms with E-state index < -0.39 is 17.3 Å². The molecule has 6 rings (SSSR count). The average Bonchev–Trinajstić information content (AvgIpc) is 3.47. The number of carbonyl (C=O) groups is 1. The normalized spacial score (nSPS) is 12.0. The highest BCUT2D eigenvalue weighted by Gasteiger charge is 2.31. The summed E-state index contributed by atoms with van der Waals surface area (Å²) >= 11 is 2.29. The molecule has 39 heavy (non-hydrogen) atoms. The smallest absolute Gasteiger partial charge is 0.349 e. The van der Waals surface area contributed by atoms with E-state index in [0.29, 0.717) is 21.6 Å². The van der Waals surface area contributed by atoms with Gasteiger partial charge in [0.15, 0.2) is 10.3 Å². The lowest BCUT2D eigenvalue weighted by molar-refractivity contribution is -0.137. The summed E-state index contributed by atoms with van der Waals surface area (Å²) < 4.78 is 42.4. The molecule has 0 saturated carbocycles. The third-order valence-electron chi connectivity index (χ3n) is 6.05. The number of hydrogen-bond acceptors (Lipinski definition) is 6. The Morgan fingerprint density at radius 2 is 1.90 bits per heavy atom. The van der Waals surface area contributed by atoms with E-state index in [2.05, 4.69) is 20.3 Å². The molecule has 196 valence electrons. The van der Waals surface area contributed by atoms with Crippen LogP contribution in [0.4, 0.5) is 18.3 Å². The number of nitrogens with zero attached hydrogens (tertiary/aromatic N) is 3. The first-order valence-electron chi connectivity index (χ1n) is 11.7. The lowest BCUT2D eigenvalue weighted by Crippen LogP contribution is -2.23. The van der Waals surface area contributed by atoms with E-state index in [4.69, 9.17) is 0 Å². The van der Waals surface area contributed by atoms with Gasteiger partial charge in [0.1, 0.15) is 11.0 Å². The Morgan fingerprint density at radius 3 is 2.72 bits per heavy atom. The first kappa shape index (κ1) is 25.1. The summed E-state index contributed by atoms with van der Waals surface area (Å²) in [5, 5.41) is 3.97. The minimum absolute atomic E-state index is 0.00710. The summed E-state index contributed by atoms with van der Waals surface area (Å²) in [6, 6.07) is 17.4. The van der Waals surface area contributed by atoms with Gasteiger partial charge in [-0.15, -0.1) is 0 Å². The zero-order chi connectivity index (χ0) is 27.3. The second kappa shape index (κ2) is 9.54. The number of fused-ring (bicyclic) bond motifs is 4. The van der Waals surface area contributed by atoms with Gasteiger partial charge in [0, 0.05) is 10.9 Å². The minimum Gasteiger partial charge on any atom is -0.349 e. The number of nitrogens with one attached hydrogen (secondary N) is 2. The molecule has 0 fully saturated rings. The molecule has 0 unspecified atom stereocenters. The molecule has 3 aromatic carbocycles. The molecule has 0 aliphatic rings. The molecule has 3 aromatic heterocycles. The van der Waals surface area contributed by atoms with Crippen LogP contribution < -0.4 is 10.9 Å². The number of benzene rings is 3. The van der Waals surface area contributed by atoms with E-state index in [-0.39, 0.29) is 28.0 Å². The fourth-order valence-corrected chi connectivity index (χ4v) is 6.04. The Labute approximate surface area is 226 Å². The molecule has 0 atom stereocenters. The maximum Gasteiger partial charge on any atom is 0.416 e. The second-order valence-corrected chi connectivity index (χ2v) is 10.8. The number of H-pyrrole nitrogens is 1. The van der Waals surface area contributed by atoms with Gasteiger partial charge in [0.2, 0.25) is 5.91 Å². The summed E-state index contributed by atoms with van der Waals surface area (Å²) in [5.41, 5.74) is 1.56. The van der Waals surface area contributed by atoms with E-state index in [1.54, 1.807) is 24.3 Å². The molecule has 0 bridgehead atoms. The number of para-hydroxylation sites is 1. The van der Waals surface area contributed by atoms with Crippen LogP contribution in [0.5, 0.6) is 0 Å². The van der Waals surface area contributed by atoms with Gasteiger partial charge < -0.3 is 10.3 Å². The van der Waals surface area contributed by atoms with Crippen molar-refractivity contribution in [2.75, 3.05) is 11.1 Å². The van der Waals surface area contributed by atoms with Crippen molar-refractivity contribution in [3.63, 3.8) is 0 Å². The van der Waals surface area contributed by atoms with Gasteiger partial charge in [0.25, 0.3) is 5.56 Å². The zero-order valence-electron chi connectivity index (χ0n) is 20.2. The largest absolute Gasteiger partial charge is 0.416 e. The van der Waals surface area contributed by atoms with Crippen molar-refractivity contribution in [3.05, 3.63) is 88.2 Å². The number of thiazole rings is 1. The van der Waals surface area contributed by atoms with Crippen LogP contribution >= 0.6 is 23.1 Å².